The van der Waals surface area contributed by atoms with Crippen molar-refractivity contribution in [3.8, 4) is 0 Å². The lowest BCUT2D eigenvalue weighted by Crippen LogP contribution is -2.88. The summed E-state index contributed by atoms with van der Waals surface area (Å²) in [5.74, 6) is 0. The quantitative estimate of drug-likeness (QED) is 0.0927. The Morgan fingerprint density at radius 3 is 0.618 bits per heavy atom. The van der Waals surface area contributed by atoms with Crippen molar-refractivity contribution >= 4 is 29.4 Å². The summed E-state index contributed by atoms with van der Waals surface area (Å²) in [6.07, 6.45) is 21.8. The lowest BCUT2D eigenvalue weighted by atomic mass is 10.7. The zero-order valence-electron chi connectivity index (χ0n) is 21.8. The van der Waals surface area contributed by atoms with Gasteiger partial charge in [0.15, 0.2) is 0 Å². The second kappa shape index (κ2) is 16.0. The highest BCUT2D eigenvalue weighted by atomic mass is 29.9. The van der Waals surface area contributed by atoms with Crippen LogP contribution in [0.15, 0.2) is 127 Å². The Kier molecular flexibility index (Phi) is 15.2. The highest BCUT2D eigenvalue weighted by Crippen LogP contribution is 2.53. The van der Waals surface area contributed by atoms with Crippen molar-refractivity contribution in [2.75, 3.05) is 0 Å². The Morgan fingerprint density at radius 2 is 0.500 bits per heavy atom. The molecule has 0 heterocycles. The maximum absolute atomic E-state index is 4.34. The van der Waals surface area contributed by atoms with Crippen LogP contribution in [0.5, 0.6) is 0 Å². The van der Waals surface area contributed by atoms with Crippen LogP contribution in [0.3, 0.4) is 0 Å². The summed E-state index contributed by atoms with van der Waals surface area (Å²) in [6, 6.07) is 12.2. The first-order valence-electron chi connectivity index (χ1n) is 12.3. The van der Waals surface area contributed by atoms with Gasteiger partial charge in [0.1, 0.15) is 0 Å². The summed E-state index contributed by atoms with van der Waals surface area (Å²) in [7, 11) is -6.29. The van der Waals surface area contributed by atoms with Gasteiger partial charge in [-0.25, -0.2) is 0 Å². The standard InChI is InChI=1S/C30H49Si4/c1-11-21-31(22-12-2,23-13-3)34(30-20-10,32(24-14-4,25-15-5)26-16-6)33(27-17-7,28-18-8)29-19-9/h11-20,30H,1-10,21-29H2. The number of hydrogen-bond donors (Lipinski definition) is 0. The first kappa shape index (κ1) is 32.3. The molecule has 0 aliphatic carbocycles. The zero-order valence-corrected chi connectivity index (χ0v) is 25.8. The van der Waals surface area contributed by atoms with E-state index < -0.39 is 29.4 Å². The molecular formula is C30H49Si4. The monoisotopic (exact) mass is 521 g/mol. The third kappa shape index (κ3) is 6.09. The van der Waals surface area contributed by atoms with Gasteiger partial charge in [-0.1, -0.05) is 60.8 Å². The lowest BCUT2D eigenvalue weighted by Gasteiger charge is -2.65. The molecule has 0 amide bonds. The third-order valence-electron chi connectivity index (χ3n) is 7.69. The van der Waals surface area contributed by atoms with E-state index in [0.717, 1.165) is 54.4 Å². The topological polar surface area (TPSA) is 0 Å². The van der Waals surface area contributed by atoms with E-state index in [-0.39, 0.29) is 0 Å². The van der Waals surface area contributed by atoms with Crippen LogP contribution in [0, 0.1) is 6.04 Å². The highest BCUT2D eigenvalue weighted by molar-refractivity contribution is 7.92. The van der Waals surface area contributed by atoms with Gasteiger partial charge in [0, 0.05) is 0 Å². The molecule has 0 saturated carbocycles. The van der Waals surface area contributed by atoms with Gasteiger partial charge < -0.3 is 0 Å². The van der Waals surface area contributed by atoms with Crippen molar-refractivity contribution in [3.63, 3.8) is 0 Å². The van der Waals surface area contributed by atoms with Crippen LogP contribution in [0.25, 0.3) is 0 Å². The van der Waals surface area contributed by atoms with E-state index in [9.17, 15) is 0 Å². The molecule has 0 aromatic heterocycles. The fourth-order valence-electron chi connectivity index (χ4n) is 7.08. The minimum Gasteiger partial charge on any atom is -0.103 e. The molecule has 0 spiro atoms. The maximum atomic E-state index is 4.34. The van der Waals surface area contributed by atoms with E-state index in [0.29, 0.717) is 0 Å². The molecule has 0 aromatic carbocycles. The largest absolute Gasteiger partial charge is 0.103 e. The minimum atomic E-state index is -2.29. The van der Waals surface area contributed by atoms with Crippen LogP contribution in [0.4, 0.5) is 0 Å². The average Bonchev–Trinajstić information content (AvgIpc) is 2.78. The lowest BCUT2D eigenvalue weighted by molar-refractivity contribution is 1.35. The molecule has 0 aliphatic rings. The van der Waals surface area contributed by atoms with Crippen LogP contribution in [0.2, 0.25) is 54.4 Å². The Hall–Kier alpha value is -1.73. The van der Waals surface area contributed by atoms with Crippen molar-refractivity contribution in [1.29, 1.82) is 0 Å². The molecular weight excluding hydrogens is 473 g/mol. The fraction of sp³-hybridized carbons (Fsp3) is 0.300. The van der Waals surface area contributed by atoms with Crippen LogP contribution in [-0.4, -0.2) is 29.4 Å². The Morgan fingerprint density at radius 1 is 0.324 bits per heavy atom. The van der Waals surface area contributed by atoms with E-state index in [1.165, 1.54) is 0 Å². The van der Waals surface area contributed by atoms with Crippen molar-refractivity contribution in [2.24, 2.45) is 0 Å². The first-order chi connectivity index (χ1) is 16.4. The Bertz CT molecular complexity index is 585. The molecule has 0 rings (SSSR count). The minimum absolute atomic E-state index is 1.06. The zero-order chi connectivity index (χ0) is 26.1. The average molecular weight is 522 g/mol. The molecule has 0 nitrogen and oxygen atoms in total. The van der Waals surface area contributed by atoms with E-state index in [1.54, 1.807) is 0 Å². The molecule has 0 aromatic rings. The molecule has 0 saturated heterocycles. The number of allylic oxidation sites excluding steroid dienone is 10. The molecule has 0 aliphatic heterocycles. The SMILES string of the molecule is C=C[CH][Si]([Si](CC=C)(CC=C)CC=C)([Si](CC=C)(CC=C)CC=C)[Si](CC=C)(CC=C)CC=C. The molecule has 4 heteroatoms. The maximum Gasteiger partial charge on any atom is 0.0546 e. The summed E-state index contributed by atoms with van der Waals surface area (Å²) in [5.41, 5.74) is 0. The Balaban J connectivity index is 8.45. The van der Waals surface area contributed by atoms with E-state index in [2.05, 4.69) is 133 Å². The van der Waals surface area contributed by atoms with Crippen molar-refractivity contribution in [2.45, 2.75) is 54.4 Å². The summed E-state index contributed by atoms with van der Waals surface area (Å²) < 4.78 is 0. The molecule has 0 unspecified atom stereocenters. The van der Waals surface area contributed by atoms with Crippen LogP contribution < -0.4 is 0 Å². The Labute approximate surface area is 215 Å². The molecule has 0 atom stereocenters. The first-order valence-corrected chi connectivity index (χ1v) is 25.3. The summed E-state index contributed by atoms with van der Waals surface area (Å²) in [5, 5.41) is 0. The van der Waals surface area contributed by atoms with Gasteiger partial charge in [-0.3, -0.25) is 0 Å². The van der Waals surface area contributed by atoms with E-state index in [1.807, 2.05) is 0 Å². The molecule has 0 fully saturated rings. The molecule has 34 heavy (non-hydrogen) atoms. The van der Waals surface area contributed by atoms with Crippen LogP contribution >= 0.6 is 0 Å². The van der Waals surface area contributed by atoms with Gasteiger partial charge in [0.2, 0.25) is 0 Å². The predicted molar refractivity (Wildman–Crippen MR) is 173 cm³/mol. The smallest absolute Gasteiger partial charge is 0.0546 e. The van der Waals surface area contributed by atoms with Gasteiger partial charge in [-0.05, 0) is 60.4 Å². The summed E-state index contributed by atoms with van der Waals surface area (Å²) in [6.45, 7) is 40.6. The second-order valence-electron chi connectivity index (χ2n) is 9.49. The molecule has 1 radical (unpaired) electrons. The molecule has 0 N–H and O–H groups in total. The van der Waals surface area contributed by atoms with Gasteiger partial charge in [-0.2, -0.15) is 0 Å². The molecule has 0 bridgehead atoms. The van der Waals surface area contributed by atoms with E-state index in [4.69, 9.17) is 0 Å². The van der Waals surface area contributed by atoms with Crippen molar-refractivity contribution in [3.05, 3.63) is 133 Å². The summed E-state index contributed by atoms with van der Waals surface area (Å²) in [4.78, 5) is 0. The summed E-state index contributed by atoms with van der Waals surface area (Å²) >= 11 is 0. The number of hydrogen-bond acceptors (Lipinski definition) is 0. The highest BCUT2D eigenvalue weighted by Gasteiger charge is 2.70. The van der Waals surface area contributed by atoms with E-state index >= 15 is 0 Å². The van der Waals surface area contributed by atoms with Crippen LogP contribution in [0.1, 0.15) is 0 Å². The number of rotatable bonds is 23. The van der Waals surface area contributed by atoms with Gasteiger partial charge in [0.05, 0.1) is 29.4 Å². The van der Waals surface area contributed by atoms with Gasteiger partial charge in [0.25, 0.3) is 0 Å². The van der Waals surface area contributed by atoms with Gasteiger partial charge in [-0.15, -0.1) is 65.8 Å². The second-order valence-corrected chi connectivity index (χ2v) is 43.9. The predicted octanol–water partition coefficient (Wildman–Crippen LogP) is 9.62. The fourth-order valence-corrected chi connectivity index (χ4v) is 95.1. The van der Waals surface area contributed by atoms with Gasteiger partial charge >= 0.3 is 0 Å². The third-order valence-corrected chi connectivity index (χ3v) is 73.8. The van der Waals surface area contributed by atoms with Crippen molar-refractivity contribution < 1.29 is 0 Å². The normalized spacial score (nSPS) is 12.1. The molecule has 185 valence electrons. The van der Waals surface area contributed by atoms with Crippen LogP contribution in [-0.2, 0) is 0 Å². The van der Waals surface area contributed by atoms with Crippen molar-refractivity contribution in [1.82, 2.24) is 0 Å².